The number of ether oxygens (including phenoxy) is 1. The molecule has 17 heavy (non-hydrogen) atoms. The zero-order chi connectivity index (χ0) is 12.3. The van der Waals surface area contributed by atoms with Crippen molar-refractivity contribution in [2.45, 2.75) is 18.9 Å². The highest BCUT2D eigenvalue weighted by Gasteiger charge is 2.35. The Morgan fingerprint density at radius 2 is 2.29 bits per heavy atom. The molecule has 1 fully saturated rings. The van der Waals surface area contributed by atoms with E-state index in [4.69, 9.17) is 4.74 Å². The van der Waals surface area contributed by atoms with Gasteiger partial charge in [-0.1, -0.05) is 6.07 Å². The zero-order valence-electron chi connectivity index (χ0n) is 9.63. The Kier molecular flexibility index (Phi) is 3.37. The lowest BCUT2D eigenvalue weighted by Gasteiger charge is -2.22. The lowest BCUT2D eigenvalue weighted by atomic mass is 10.2. The molecule has 1 aliphatic rings. The molecule has 90 valence electrons. The number of hydrogen-bond acceptors (Lipinski definition) is 4. The summed E-state index contributed by atoms with van der Waals surface area (Å²) in [6, 6.07) is 4.69. The number of carbonyl (C=O) groups excluding carboxylic acids is 2. The first-order valence-electron chi connectivity index (χ1n) is 5.54. The first-order valence-corrected chi connectivity index (χ1v) is 5.54. The average molecular weight is 234 g/mol. The molecule has 1 unspecified atom stereocenters. The average Bonchev–Trinajstić information content (AvgIpc) is 2.87. The largest absolute Gasteiger partial charge is 0.467 e. The molecule has 1 aromatic rings. The van der Waals surface area contributed by atoms with Crippen molar-refractivity contribution >= 4 is 11.9 Å². The minimum atomic E-state index is -0.463. The molecule has 0 radical (unpaired) electrons. The third kappa shape index (κ3) is 2.27. The van der Waals surface area contributed by atoms with Gasteiger partial charge >= 0.3 is 5.97 Å². The van der Waals surface area contributed by atoms with E-state index in [1.54, 1.807) is 24.4 Å². The van der Waals surface area contributed by atoms with Crippen LogP contribution in [-0.2, 0) is 9.53 Å². The summed E-state index contributed by atoms with van der Waals surface area (Å²) in [7, 11) is 1.34. The number of nitrogens with zero attached hydrogens (tertiary/aromatic N) is 2. The highest BCUT2D eigenvalue weighted by molar-refractivity contribution is 5.95. The standard InChI is InChI=1S/C12H14N2O3/c1-17-12(16)10-6-4-8-14(10)11(15)9-5-2-3-7-13-9/h2-3,5,7,10H,4,6,8H2,1H3. The Labute approximate surface area is 99.4 Å². The van der Waals surface area contributed by atoms with Gasteiger partial charge in [0.25, 0.3) is 5.91 Å². The third-order valence-electron chi connectivity index (χ3n) is 2.87. The van der Waals surface area contributed by atoms with Crippen LogP contribution in [0.4, 0.5) is 0 Å². The van der Waals surface area contributed by atoms with Crippen LogP contribution in [0.5, 0.6) is 0 Å². The maximum Gasteiger partial charge on any atom is 0.328 e. The van der Waals surface area contributed by atoms with Gasteiger partial charge in [0, 0.05) is 12.7 Å². The van der Waals surface area contributed by atoms with Crippen molar-refractivity contribution < 1.29 is 14.3 Å². The van der Waals surface area contributed by atoms with Gasteiger partial charge in [0.2, 0.25) is 0 Å². The van der Waals surface area contributed by atoms with E-state index < -0.39 is 6.04 Å². The van der Waals surface area contributed by atoms with Crippen molar-refractivity contribution in [3.8, 4) is 0 Å². The molecule has 0 spiro atoms. The minimum Gasteiger partial charge on any atom is -0.467 e. The van der Waals surface area contributed by atoms with E-state index in [1.165, 1.54) is 12.0 Å². The van der Waals surface area contributed by atoms with Crippen molar-refractivity contribution in [3.05, 3.63) is 30.1 Å². The minimum absolute atomic E-state index is 0.210. The van der Waals surface area contributed by atoms with Crippen molar-refractivity contribution in [3.63, 3.8) is 0 Å². The molecule has 0 bridgehead atoms. The second kappa shape index (κ2) is 4.95. The molecule has 0 saturated carbocycles. The summed E-state index contributed by atoms with van der Waals surface area (Å²) >= 11 is 0. The van der Waals surface area contributed by atoms with E-state index in [9.17, 15) is 9.59 Å². The molecule has 1 aliphatic heterocycles. The Hall–Kier alpha value is -1.91. The van der Waals surface area contributed by atoms with Gasteiger partial charge in [-0.05, 0) is 25.0 Å². The fourth-order valence-corrected chi connectivity index (χ4v) is 2.03. The SMILES string of the molecule is COC(=O)C1CCCN1C(=O)c1ccccn1. The van der Waals surface area contributed by atoms with Gasteiger partial charge in [-0.15, -0.1) is 0 Å². The van der Waals surface area contributed by atoms with Gasteiger partial charge in [-0.2, -0.15) is 0 Å². The normalized spacial score (nSPS) is 19.1. The summed E-state index contributed by atoms with van der Waals surface area (Å²) in [6.07, 6.45) is 3.04. The van der Waals surface area contributed by atoms with Crippen molar-refractivity contribution in [1.82, 2.24) is 9.88 Å². The predicted molar refractivity (Wildman–Crippen MR) is 60.3 cm³/mol. The lowest BCUT2D eigenvalue weighted by Crippen LogP contribution is -2.41. The molecular formula is C12H14N2O3. The molecule has 2 rings (SSSR count). The predicted octanol–water partition coefficient (Wildman–Crippen LogP) is 0.859. The van der Waals surface area contributed by atoms with E-state index in [0.717, 1.165) is 6.42 Å². The molecule has 5 heteroatoms. The summed E-state index contributed by atoms with van der Waals surface area (Å²) in [6.45, 7) is 0.579. The van der Waals surface area contributed by atoms with Crippen LogP contribution in [0.3, 0.4) is 0 Å². The Morgan fingerprint density at radius 1 is 1.47 bits per heavy atom. The second-order valence-electron chi connectivity index (χ2n) is 3.89. The number of aromatic nitrogens is 1. The highest BCUT2D eigenvalue weighted by Crippen LogP contribution is 2.20. The Balaban J connectivity index is 2.17. The van der Waals surface area contributed by atoms with Crippen LogP contribution in [0.1, 0.15) is 23.3 Å². The number of likely N-dealkylation sites (tertiary alicyclic amines) is 1. The van der Waals surface area contributed by atoms with E-state index in [1.807, 2.05) is 0 Å². The number of carbonyl (C=O) groups is 2. The van der Waals surface area contributed by atoms with Gasteiger partial charge in [-0.25, -0.2) is 4.79 Å². The van der Waals surface area contributed by atoms with Crippen LogP contribution in [-0.4, -0.2) is 41.5 Å². The molecule has 1 atom stereocenters. The van der Waals surface area contributed by atoms with Crippen molar-refractivity contribution in [2.75, 3.05) is 13.7 Å². The number of pyridine rings is 1. The number of methoxy groups -OCH3 is 1. The molecule has 0 aliphatic carbocycles. The fraction of sp³-hybridized carbons (Fsp3) is 0.417. The summed E-state index contributed by atoms with van der Waals surface area (Å²) in [5, 5.41) is 0. The van der Waals surface area contributed by atoms with Crippen LogP contribution in [0.15, 0.2) is 24.4 Å². The molecule has 1 saturated heterocycles. The van der Waals surface area contributed by atoms with Crippen LogP contribution in [0.25, 0.3) is 0 Å². The molecule has 0 N–H and O–H groups in total. The highest BCUT2D eigenvalue weighted by atomic mass is 16.5. The van der Waals surface area contributed by atoms with Gasteiger partial charge < -0.3 is 9.64 Å². The lowest BCUT2D eigenvalue weighted by molar-refractivity contribution is -0.145. The molecular weight excluding hydrogens is 220 g/mol. The molecule has 5 nitrogen and oxygen atoms in total. The summed E-state index contributed by atoms with van der Waals surface area (Å²) < 4.78 is 4.70. The molecule has 1 aromatic heterocycles. The summed E-state index contributed by atoms with van der Waals surface area (Å²) in [4.78, 5) is 29.2. The maximum atomic E-state index is 12.1. The first kappa shape index (κ1) is 11.6. The quantitative estimate of drug-likeness (QED) is 0.712. The zero-order valence-corrected chi connectivity index (χ0v) is 9.63. The van der Waals surface area contributed by atoms with Crippen molar-refractivity contribution in [2.24, 2.45) is 0 Å². The molecule has 2 heterocycles. The van der Waals surface area contributed by atoms with Gasteiger partial charge in [0.15, 0.2) is 0 Å². The fourth-order valence-electron chi connectivity index (χ4n) is 2.03. The smallest absolute Gasteiger partial charge is 0.328 e. The summed E-state index contributed by atoms with van der Waals surface area (Å²) in [5.74, 6) is -0.565. The molecule has 1 amide bonds. The molecule has 0 aromatic carbocycles. The number of amides is 1. The monoisotopic (exact) mass is 234 g/mol. The van der Waals surface area contributed by atoms with E-state index in [0.29, 0.717) is 18.7 Å². The first-order chi connectivity index (χ1) is 8.24. The third-order valence-corrected chi connectivity index (χ3v) is 2.87. The number of esters is 1. The number of rotatable bonds is 2. The summed E-state index contributed by atoms with van der Waals surface area (Å²) in [5.41, 5.74) is 0.364. The topological polar surface area (TPSA) is 59.5 Å². The Bertz CT molecular complexity index is 419. The maximum absolute atomic E-state index is 12.1. The Morgan fingerprint density at radius 3 is 2.94 bits per heavy atom. The second-order valence-corrected chi connectivity index (χ2v) is 3.89. The van der Waals surface area contributed by atoms with E-state index in [-0.39, 0.29) is 11.9 Å². The van der Waals surface area contributed by atoms with Gasteiger partial charge in [0.05, 0.1) is 7.11 Å². The van der Waals surface area contributed by atoms with E-state index in [2.05, 4.69) is 4.98 Å². The van der Waals surface area contributed by atoms with E-state index >= 15 is 0 Å². The van der Waals surface area contributed by atoms with Crippen molar-refractivity contribution in [1.29, 1.82) is 0 Å². The van der Waals surface area contributed by atoms with Gasteiger partial charge in [-0.3, -0.25) is 9.78 Å². The van der Waals surface area contributed by atoms with Crippen LogP contribution >= 0.6 is 0 Å². The number of hydrogen-bond donors (Lipinski definition) is 0. The van der Waals surface area contributed by atoms with Gasteiger partial charge in [0.1, 0.15) is 11.7 Å². The van der Waals surface area contributed by atoms with Crippen LogP contribution in [0.2, 0.25) is 0 Å². The van der Waals surface area contributed by atoms with Crippen LogP contribution < -0.4 is 0 Å². The van der Waals surface area contributed by atoms with Crippen LogP contribution in [0, 0.1) is 0 Å².